The zero-order valence-corrected chi connectivity index (χ0v) is 10.9. The maximum atomic E-state index is 11.9. The van der Waals surface area contributed by atoms with Gasteiger partial charge in [0, 0.05) is 12.7 Å². The Morgan fingerprint density at radius 1 is 1.44 bits per heavy atom. The van der Waals surface area contributed by atoms with Gasteiger partial charge in [0.25, 0.3) is 0 Å². The molecule has 0 saturated heterocycles. The third-order valence-electron chi connectivity index (χ3n) is 2.99. The van der Waals surface area contributed by atoms with E-state index >= 15 is 0 Å². The molecule has 2 heterocycles. The van der Waals surface area contributed by atoms with Crippen LogP contribution in [0.15, 0.2) is 23.1 Å². The zero-order valence-electron chi connectivity index (χ0n) is 10.9. The number of nitrogens with zero attached hydrogens (tertiary/aromatic N) is 2. The number of aromatic amines is 1. The van der Waals surface area contributed by atoms with Crippen molar-refractivity contribution in [3.63, 3.8) is 0 Å². The first-order valence-corrected chi connectivity index (χ1v) is 6.47. The summed E-state index contributed by atoms with van der Waals surface area (Å²) in [5.41, 5.74) is 2.52. The summed E-state index contributed by atoms with van der Waals surface area (Å²) in [7, 11) is 0. The van der Waals surface area contributed by atoms with E-state index in [2.05, 4.69) is 16.9 Å². The molecule has 2 rings (SSSR count). The van der Waals surface area contributed by atoms with Crippen LogP contribution in [0.2, 0.25) is 0 Å². The first-order chi connectivity index (χ1) is 8.76. The van der Waals surface area contributed by atoms with Gasteiger partial charge in [-0.1, -0.05) is 31.9 Å². The van der Waals surface area contributed by atoms with Gasteiger partial charge in [0.2, 0.25) is 0 Å². The molecule has 0 aromatic carbocycles. The van der Waals surface area contributed by atoms with E-state index in [0.29, 0.717) is 5.65 Å². The van der Waals surface area contributed by atoms with E-state index in [1.54, 1.807) is 10.8 Å². The molecule has 0 bridgehead atoms. The van der Waals surface area contributed by atoms with Crippen LogP contribution in [-0.2, 0) is 6.54 Å². The smallest absolute Gasteiger partial charge is 0.290 e. The fourth-order valence-corrected chi connectivity index (χ4v) is 2.07. The molecule has 0 amide bonds. The van der Waals surface area contributed by atoms with Gasteiger partial charge in [-0.05, 0) is 25.0 Å². The van der Waals surface area contributed by atoms with Crippen molar-refractivity contribution in [1.29, 1.82) is 0 Å². The predicted octanol–water partition coefficient (Wildman–Crippen LogP) is 2.95. The molecule has 0 saturated carbocycles. The second-order valence-corrected chi connectivity index (χ2v) is 4.43. The van der Waals surface area contributed by atoms with Gasteiger partial charge in [-0.15, -0.1) is 0 Å². The summed E-state index contributed by atoms with van der Waals surface area (Å²) in [5.74, 6) is 0. The van der Waals surface area contributed by atoms with Crippen molar-refractivity contribution in [1.82, 2.24) is 14.5 Å². The molecule has 96 valence electrons. The Hall–Kier alpha value is -1.84. The number of hydrogen-bond donors (Lipinski definition) is 1. The lowest BCUT2D eigenvalue weighted by atomic mass is 10.2. The number of allylic oxidation sites excluding steroid dienone is 1. The van der Waals surface area contributed by atoms with Crippen molar-refractivity contribution >= 4 is 17.2 Å². The summed E-state index contributed by atoms with van der Waals surface area (Å²) < 4.78 is 1.78. The molecule has 1 N–H and O–H groups in total. The third kappa shape index (κ3) is 2.53. The fourth-order valence-electron chi connectivity index (χ4n) is 2.07. The van der Waals surface area contributed by atoms with Gasteiger partial charge in [0.05, 0.1) is 5.52 Å². The highest BCUT2D eigenvalue weighted by Gasteiger charge is 2.07. The maximum Gasteiger partial charge on any atom is 0.327 e. The molecule has 4 nitrogen and oxygen atoms in total. The molecule has 0 atom stereocenters. The molecule has 2 aromatic heterocycles. The molecule has 0 aliphatic rings. The Morgan fingerprint density at radius 3 is 3.00 bits per heavy atom. The molecule has 2 aromatic rings. The number of hydrogen-bond acceptors (Lipinski definition) is 2. The van der Waals surface area contributed by atoms with Crippen LogP contribution in [0.5, 0.6) is 0 Å². The average Bonchev–Trinajstić information content (AvgIpc) is 2.66. The minimum atomic E-state index is -0.0637. The van der Waals surface area contributed by atoms with E-state index in [0.717, 1.165) is 36.9 Å². The Kier molecular flexibility index (Phi) is 3.97. The number of fused-ring (bicyclic) bond motifs is 1. The average molecular weight is 245 g/mol. The fraction of sp³-hybridized carbons (Fsp3) is 0.429. The van der Waals surface area contributed by atoms with Gasteiger partial charge < -0.3 is 0 Å². The molecule has 4 heteroatoms. The second-order valence-electron chi connectivity index (χ2n) is 4.43. The molecule has 18 heavy (non-hydrogen) atoms. The SMILES string of the molecule is C/C=C/c1cnc2[nH]c(=O)n(CCCCC)c2c1. The summed E-state index contributed by atoms with van der Waals surface area (Å²) in [4.78, 5) is 18.9. The largest absolute Gasteiger partial charge is 0.327 e. The summed E-state index contributed by atoms with van der Waals surface area (Å²) >= 11 is 0. The Morgan fingerprint density at radius 2 is 2.28 bits per heavy atom. The van der Waals surface area contributed by atoms with Gasteiger partial charge in [-0.2, -0.15) is 0 Å². The highest BCUT2D eigenvalue weighted by Crippen LogP contribution is 2.12. The highest BCUT2D eigenvalue weighted by atomic mass is 16.1. The second kappa shape index (κ2) is 5.67. The molecule has 0 unspecified atom stereocenters. The maximum absolute atomic E-state index is 11.9. The quantitative estimate of drug-likeness (QED) is 0.823. The molecular formula is C14H19N3O. The number of pyridine rings is 1. The van der Waals surface area contributed by atoms with Gasteiger partial charge in [0.15, 0.2) is 5.65 Å². The lowest BCUT2D eigenvalue weighted by molar-refractivity contribution is 0.600. The number of H-pyrrole nitrogens is 1. The van der Waals surface area contributed by atoms with E-state index in [-0.39, 0.29) is 5.69 Å². The minimum Gasteiger partial charge on any atom is -0.290 e. The zero-order chi connectivity index (χ0) is 13.0. The van der Waals surface area contributed by atoms with Crippen molar-refractivity contribution in [3.05, 3.63) is 34.4 Å². The normalized spacial score (nSPS) is 11.7. The Bertz CT molecular complexity index is 607. The summed E-state index contributed by atoms with van der Waals surface area (Å²) in [5, 5.41) is 0. The van der Waals surface area contributed by atoms with Crippen LogP contribution in [0.1, 0.15) is 38.7 Å². The minimum absolute atomic E-state index is 0.0637. The van der Waals surface area contributed by atoms with Crippen LogP contribution in [0.4, 0.5) is 0 Å². The number of aryl methyl sites for hydroxylation is 1. The molecule has 0 fully saturated rings. The van der Waals surface area contributed by atoms with E-state index in [9.17, 15) is 4.79 Å². The number of rotatable bonds is 5. The summed E-state index contributed by atoms with van der Waals surface area (Å²) in [6.07, 6.45) is 9.04. The lowest BCUT2D eigenvalue weighted by Crippen LogP contribution is -2.16. The van der Waals surface area contributed by atoms with E-state index in [4.69, 9.17) is 0 Å². The van der Waals surface area contributed by atoms with Crippen molar-refractivity contribution in [2.24, 2.45) is 0 Å². The van der Waals surface area contributed by atoms with Crippen LogP contribution >= 0.6 is 0 Å². The molecule has 0 aliphatic carbocycles. The van der Waals surface area contributed by atoms with Crippen LogP contribution in [0.25, 0.3) is 17.2 Å². The highest BCUT2D eigenvalue weighted by molar-refractivity contribution is 5.73. The van der Waals surface area contributed by atoms with Gasteiger partial charge in [-0.3, -0.25) is 9.55 Å². The number of unbranched alkanes of at least 4 members (excludes halogenated alkanes) is 2. The Labute approximate surface area is 106 Å². The first-order valence-electron chi connectivity index (χ1n) is 6.47. The van der Waals surface area contributed by atoms with E-state index in [1.807, 2.05) is 25.1 Å². The number of nitrogens with one attached hydrogen (secondary N) is 1. The first kappa shape index (κ1) is 12.6. The molecule has 0 radical (unpaired) electrons. The van der Waals surface area contributed by atoms with Crippen molar-refractivity contribution in [3.8, 4) is 0 Å². The summed E-state index contributed by atoms with van der Waals surface area (Å²) in [6.45, 7) is 4.88. The van der Waals surface area contributed by atoms with Gasteiger partial charge >= 0.3 is 5.69 Å². The number of aromatic nitrogens is 3. The van der Waals surface area contributed by atoms with Crippen LogP contribution in [0, 0.1) is 0 Å². The molecule has 0 spiro atoms. The van der Waals surface area contributed by atoms with E-state index < -0.39 is 0 Å². The van der Waals surface area contributed by atoms with Crippen molar-refractivity contribution < 1.29 is 0 Å². The molecular weight excluding hydrogens is 226 g/mol. The number of imidazole rings is 1. The Balaban J connectivity index is 2.40. The standard InChI is InChI=1S/C14H19N3O/c1-3-5-6-8-17-12-9-11(7-4-2)10-15-13(12)16-14(17)18/h4,7,9-10H,3,5-6,8H2,1-2H3,(H,15,16,18)/b7-4+. The van der Waals surface area contributed by atoms with Crippen LogP contribution < -0.4 is 5.69 Å². The third-order valence-corrected chi connectivity index (χ3v) is 2.99. The van der Waals surface area contributed by atoms with Crippen LogP contribution in [0.3, 0.4) is 0 Å². The monoisotopic (exact) mass is 245 g/mol. The predicted molar refractivity (Wildman–Crippen MR) is 74.6 cm³/mol. The summed E-state index contributed by atoms with van der Waals surface area (Å²) in [6, 6.07) is 2.01. The van der Waals surface area contributed by atoms with Gasteiger partial charge in [-0.25, -0.2) is 9.78 Å². The van der Waals surface area contributed by atoms with Crippen molar-refractivity contribution in [2.45, 2.75) is 39.7 Å². The lowest BCUT2D eigenvalue weighted by Gasteiger charge is -2.02. The van der Waals surface area contributed by atoms with Crippen LogP contribution in [-0.4, -0.2) is 14.5 Å². The molecule has 0 aliphatic heterocycles. The van der Waals surface area contributed by atoms with Gasteiger partial charge in [0.1, 0.15) is 0 Å². The van der Waals surface area contributed by atoms with E-state index in [1.165, 1.54) is 0 Å². The van der Waals surface area contributed by atoms with Crippen molar-refractivity contribution in [2.75, 3.05) is 0 Å². The topological polar surface area (TPSA) is 50.7 Å².